The van der Waals surface area contributed by atoms with Gasteiger partial charge in [0, 0.05) is 28.4 Å². The lowest BCUT2D eigenvalue weighted by molar-refractivity contribution is 0.0972. The number of carbonyl (C=O) groups excluding carboxylic acids is 3. The molecule has 1 aliphatic carbocycles. The lowest BCUT2D eigenvalue weighted by Crippen LogP contribution is -2.22. The van der Waals surface area contributed by atoms with Gasteiger partial charge in [0.05, 0.1) is 18.2 Å². The first kappa shape index (κ1) is 19.0. The molecule has 0 unspecified atom stereocenters. The molecule has 3 aromatic carbocycles. The van der Waals surface area contributed by atoms with E-state index in [0.717, 1.165) is 6.07 Å². The van der Waals surface area contributed by atoms with Crippen LogP contribution in [0.5, 0.6) is 23.0 Å². The summed E-state index contributed by atoms with van der Waals surface area (Å²) in [5.74, 6) is -2.81. The van der Waals surface area contributed by atoms with Crippen molar-refractivity contribution in [3.63, 3.8) is 0 Å². The molecular formula is C22H15NO7. The Balaban J connectivity index is 1.74. The number of anilines is 1. The number of phenols is 3. The maximum Gasteiger partial charge on any atom is 0.255 e. The second kappa shape index (κ2) is 6.93. The zero-order valence-corrected chi connectivity index (χ0v) is 15.6. The molecule has 1 aliphatic rings. The van der Waals surface area contributed by atoms with Gasteiger partial charge in [0.25, 0.3) is 5.91 Å². The Morgan fingerprint density at radius 3 is 2.30 bits per heavy atom. The van der Waals surface area contributed by atoms with Crippen molar-refractivity contribution in [2.45, 2.75) is 0 Å². The molecule has 4 rings (SSSR count). The third kappa shape index (κ3) is 2.91. The van der Waals surface area contributed by atoms with Crippen LogP contribution in [-0.2, 0) is 0 Å². The third-order valence-corrected chi connectivity index (χ3v) is 4.80. The molecule has 0 heterocycles. The maximum atomic E-state index is 12.9. The summed E-state index contributed by atoms with van der Waals surface area (Å²) in [6.07, 6.45) is 0. The number of methoxy groups -OCH3 is 1. The average Bonchev–Trinajstić information content (AvgIpc) is 2.72. The van der Waals surface area contributed by atoms with Gasteiger partial charge in [-0.3, -0.25) is 14.4 Å². The topological polar surface area (TPSA) is 133 Å². The van der Waals surface area contributed by atoms with Crippen molar-refractivity contribution in [1.29, 1.82) is 0 Å². The first-order valence-electron chi connectivity index (χ1n) is 8.78. The summed E-state index contributed by atoms with van der Waals surface area (Å²) in [7, 11) is 1.36. The highest BCUT2D eigenvalue weighted by atomic mass is 16.5. The SMILES string of the molecule is COc1cc(NC(=O)c2cc(O)c3c(c2)C(=O)c2cccc(O)c2C3=O)ccc1O. The summed E-state index contributed by atoms with van der Waals surface area (Å²) >= 11 is 0. The number of nitrogens with one attached hydrogen (secondary N) is 1. The van der Waals surface area contributed by atoms with E-state index in [1.54, 1.807) is 0 Å². The molecule has 3 aromatic rings. The molecule has 0 radical (unpaired) electrons. The molecule has 8 nitrogen and oxygen atoms in total. The van der Waals surface area contributed by atoms with Crippen LogP contribution in [0.4, 0.5) is 5.69 Å². The normalized spacial score (nSPS) is 12.2. The van der Waals surface area contributed by atoms with E-state index >= 15 is 0 Å². The van der Waals surface area contributed by atoms with Gasteiger partial charge < -0.3 is 25.4 Å². The van der Waals surface area contributed by atoms with E-state index < -0.39 is 23.2 Å². The van der Waals surface area contributed by atoms with Gasteiger partial charge >= 0.3 is 0 Å². The van der Waals surface area contributed by atoms with Crippen LogP contribution in [0.15, 0.2) is 48.5 Å². The number of hydrogen-bond donors (Lipinski definition) is 4. The van der Waals surface area contributed by atoms with Crippen LogP contribution in [-0.4, -0.2) is 39.9 Å². The summed E-state index contributed by atoms with van der Waals surface area (Å²) in [4.78, 5) is 38.3. The van der Waals surface area contributed by atoms with Crippen LogP contribution in [0.1, 0.15) is 42.2 Å². The smallest absolute Gasteiger partial charge is 0.255 e. The van der Waals surface area contributed by atoms with E-state index in [2.05, 4.69) is 5.32 Å². The lowest BCUT2D eigenvalue weighted by Gasteiger charge is -2.20. The van der Waals surface area contributed by atoms with Crippen LogP contribution in [0.2, 0.25) is 0 Å². The monoisotopic (exact) mass is 405 g/mol. The number of ether oxygens (including phenoxy) is 1. The van der Waals surface area contributed by atoms with Gasteiger partial charge in [-0.15, -0.1) is 0 Å². The minimum atomic E-state index is -0.703. The van der Waals surface area contributed by atoms with E-state index in [-0.39, 0.29) is 45.1 Å². The summed E-state index contributed by atoms with van der Waals surface area (Å²) in [5.41, 5.74) is -0.331. The van der Waals surface area contributed by atoms with Crippen molar-refractivity contribution in [2.75, 3.05) is 12.4 Å². The second-order valence-electron chi connectivity index (χ2n) is 6.62. The van der Waals surface area contributed by atoms with E-state index in [1.807, 2.05) is 0 Å². The van der Waals surface area contributed by atoms with Gasteiger partial charge in [0.15, 0.2) is 17.3 Å². The Morgan fingerprint density at radius 2 is 1.57 bits per heavy atom. The standard InChI is InChI=1S/C22H15NO7/c1-30-17-9-11(5-6-14(17)24)23-22(29)10-7-13-19(16(26)8-10)21(28)18-12(20(13)27)3-2-4-15(18)25/h2-9,24-26H,1H3,(H,23,29). The maximum absolute atomic E-state index is 12.9. The molecule has 0 fully saturated rings. The third-order valence-electron chi connectivity index (χ3n) is 4.80. The highest BCUT2D eigenvalue weighted by molar-refractivity contribution is 6.30. The summed E-state index contributed by atoms with van der Waals surface area (Å²) in [6.45, 7) is 0. The van der Waals surface area contributed by atoms with Crippen molar-refractivity contribution in [3.05, 3.63) is 76.3 Å². The number of phenolic OH excluding ortho intramolecular Hbond substituents is 3. The number of rotatable bonds is 3. The van der Waals surface area contributed by atoms with Gasteiger partial charge in [-0.05, 0) is 30.3 Å². The molecule has 0 saturated carbocycles. The number of hydrogen-bond acceptors (Lipinski definition) is 7. The first-order chi connectivity index (χ1) is 14.3. The van der Waals surface area contributed by atoms with E-state index in [1.165, 1.54) is 49.6 Å². The minimum Gasteiger partial charge on any atom is -0.507 e. The van der Waals surface area contributed by atoms with Crippen molar-refractivity contribution in [1.82, 2.24) is 0 Å². The van der Waals surface area contributed by atoms with Crippen LogP contribution >= 0.6 is 0 Å². The molecule has 0 aromatic heterocycles. The summed E-state index contributed by atoms with van der Waals surface area (Å²) < 4.78 is 4.99. The quantitative estimate of drug-likeness (QED) is 0.385. The van der Waals surface area contributed by atoms with E-state index in [9.17, 15) is 29.7 Å². The molecule has 0 saturated heterocycles. The largest absolute Gasteiger partial charge is 0.507 e. The van der Waals surface area contributed by atoms with Crippen molar-refractivity contribution in [2.24, 2.45) is 0 Å². The molecule has 4 N–H and O–H groups in total. The predicted molar refractivity (Wildman–Crippen MR) is 106 cm³/mol. The number of benzene rings is 3. The first-order valence-corrected chi connectivity index (χ1v) is 8.78. The van der Waals surface area contributed by atoms with Crippen LogP contribution in [0.3, 0.4) is 0 Å². The van der Waals surface area contributed by atoms with Crippen LogP contribution < -0.4 is 10.1 Å². The lowest BCUT2D eigenvalue weighted by atomic mass is 9.82. The highest BCUT2D eigenvalue weighted by Gasteiger charge is 2.35. The molecule has 0 spiro atoms. The highest BCUT2D eigenvalue weighted by Crippen LogP contribution is 2.37. The van der Waals surface area contributed by atoms with E-state index in [0.29, 0.717) is 5.69 Å². The van der Waals surface area contributed by atoms with Gasteiger partial charge in [-0.25, -0.2) is 0 Å². The van der Waals surface area contributed by atoms with Gasteiger partial charge in [-0.2, -0.15) is 0 Å². The molecule has 30 heavy (non-hydrogen) atoms. The number of ketones is 2. The zero-order valence-electron chi connectivity index (χ0n) is 15.6. The van der Waals surface area contributed by atoms with Crippen molar-refractivity contribution < 1.29 is 34.4 Å². The summed E-state index contributed by atoms with van der Waals surface area (Å²) in [6, 6.07) is 10.6. The molecule has 8 heteroatoms. The molecule has 0 atom stereocenters. The molecule has 150 valence electrons. The van der Waals surface area contributed by atoms with Crippen LogP contribution in [0.25, 0.3) is 0 Å². The van der Waals surface area contributed by atoms with Crippen LogP contribution in [0, 0.1) is 0 Å². The zero-order chi connectivity index (χ0) is 21.6. The molecule has 0 aliphatic heterocycles. The number of fused-ring (bicyclic) bond motifs is 2. The second-order valence-corrected chi connectivity index (χ2v) is 6.62. The fourth-order valence-corrected chi connectivity index (χ4v) is 3.37. The molecule has 0 bridgehead atoms. The Morgan fingerprint density at radius 1 is 0.833 bits per heavy atom. The number of aromatic hydroxyl groups is 3. The number of amides is 1. The fourth-order valence-electron chi connectivity index (χ4n) is 3.37. The molecule has 1 amide bonds. The Bertz CT molecular complexity index is 1250. The van der Waals surface area contributed by atoms with Gasteiger partial charge in [0.1, 0.15) is 11.5 Å². The minimum absolute atomic E-state index is 0.00673. The van der Waals surface area contributed by atoms with Crippen molar-refractivity contribution >= 4 is 23.2 Å². The van der Waals surface area contributed by atoms with Gasteiger partial charge in [-0.1, -0.05) is 12.1 Å². The van der Waals surface area contributed by atoms with Crippen molar-refractivity contribution in [3.8, 4) is 23.0 Å². The summed E-state index contributed by atoms with van der Waals surface area (Å²) in [5, 5.41) is 32.6. The average molecular weight is 405 g/mol. The Hall–Kier alpha value is -4.33. The number of carbonyl (C=O) groups is 3. The van der Waals surface area contributed by atoms with Gasteiger partial charge in [0.2, 0.25) is 5.78 Å². The van der Waals surface area contributed by atoms with E-state index in [4.69, 9.17) is 4.74 Å². The predicted octanol–water partition coefficient (Wildman–Crippen LogP) is 2.84. The Kier molecular flexibility index (Phi) is 4.39. The Labute approximate surface area is 170 Å². The fraction of sp³-hybridized carbons (Fsp3) is 0.0455. The molecular weight excluding hydrogens is 390 g/mol.